The van der Waals surface area contributed by atoms with Gasteiger partial charge in [0.05, 0.1) is 0 Å². The van der Waals surface area contributed by atoms with Crippen molar-refractivity contribution >= 4 is 5.65 Å². The lowest BCUT2D eigenvalue weighted by Gasteiger charge is -2.21. The van der Waals surface area contributed by atoms with Crippen LogP contribution in [0.25, 0.3) is 5.65 Å². The molecule has 0 bridgehead atoms. The maximum absolute atomic E-state index is 5.72. The fourth-order valence-electron chi connectivity index (χ4n) is 2.67. The molecule has 1 unspecified atom stereocenters. The Hall–Kier alpha value is -1.46. The van der Waals surface area contributed by atoms with Gasteiger partial charge in [0.15, 0.2) is 5.65 Å². The van der Waals surface area contributed by atoms with E-state index in [1.807, 2.05) is 18.3 Å². The Morgan fingerprint density at radius 2 is 2.39 bits per heavy atom. The molecule has 96 valence electrons. The van der Waals surface area contributed by atoms with Crippen molar-refractivity contribution < 1.29 is 0 Å². The van der Waals surface area contributed by atoms with Gasteiger partial charge in [0.2, 0.25) is 0 Å². The number of fused-ring (bicyclic) bond motifs is 1. The molecule has 0 amide bonds. The molecule has 3 rings (SSSR count). The van der Waals surface area contributed by atoms with Gasteiger partial charge in [0.25, 0.3) is 0 Å². The average molecular weight is 245 g/mol. The van der Waals surface area contributed by atoms with Crippen molar-refractivity contribution in [1.29, 1.82) is 0 Å². The second-order valence-corrected chi connectivity index (χ2v) is 4.96. The van der Waals surface area contributed by atoms with Crippen molar-refractivity contribution in [3.63, 3.8) is 0 Å². The molecule has 0 aromatic carbocycles. The number of rotatable bonds is 3. The first kappa shape index (κ1) is 11.6. The molecule has 5 nitrogen and oxygen atoms in total. The van der Waals surface area contributed by atoms with E-state index in [0.717, 1.165) is 36.5 Å². The van der Waals surface area contributed by atoms with E-state index in [4.69, 9.17) is 5.73 Å². The summed E-state index contributed by atoms with van der Waals surface area (Å²) in [5.41, 5.74) is 7.67. The minimum atomic E-state index is 0.507. The average Bonchev–Trinajstić information content (AvgIpc) is 2.83. The molecule has 1 fully saturated rings. The highest BCUT2D eigenvalue weighted by Gasteiger charge is 2.17. The fourth-order valence-corrected chi connectivity index (χ4v) is 2.67. The highest BCUT2D eigenvalue weighted by atomic mass is 15.2. The van der Waals surface area contributed by atoms with Crippen molar-refractivity contribution in [2.24, 2.45) is 11.7 Å². The zero-order chi connectivity index (χ0) is 12.4. The molecular formula is C13H19N5. The molecule has 0 saturated carbocycles. The van der Waals surface area contributed by atoms with Crippen LogP contribution in [0.3, 0.4) is 0 Å². The van der Waals surface area contributed by atoms with Crippen LogP contribution in [0.2, 0.25) is 0 Å². The zero-order valence-corrected chi connectivity index (χ0v) is 10.5. The molecule has 1 aliphatic heterocycles. The van der Waals surface area contributed by atoms with E-state index < -0.39 is 0 Å². The largest absolute Gasteiger partial charge is 0.326 e. The summed E-state index contributed by atoms with van der Waals surface area (Å²) < 4.78 is 2.08. The first-order chi connectivity index (χ1) is 8.88. The van der Waals surface area contributed by atoms with Crippen LogP contribution >= 0.6 is 0 Å². The van der Waals surface area contributed by atoms with E-state index in [1.54, 1.807) is 0 Å². The van der Waals surface area contributed by atoms with Gasteiger partial charge in [0.1, 0.15) is 5.82 Å². The molecule has 0 aliphatic carbocycles. The summed E-state index contributed by atoms with van der Waals surface area (Å²) in [4.78, 5) is 0. The minimum absolute atomic E-state index is 0.507. The second-order valence-electron chi connectivity index (χ2n) is 4.96. The Balaban J connectivity index is 1.88. The highest BCUT2D eigenvalue weighted by molar-refractivity contribution is 5.47. The Bertz CT molecular complexity index is 527. The molecule has 5 heteroatoms. The van der Waals surface area contributed by atoms with Crippen LogP contribution in [-0.2, 0) is 13.0 Å². The molecule has 2 aromatic heterocycles. The third-order valence-corrected chi connectivity index (χ3v) is 3.68. The van der Waals surface area contributed by atoms with Gasteiger partial charge < -0.3 is 11.1 Å². The van der Waals surface area contributed by atoms with Crippen LogP contribution in [0, 0.1) is 5.92 Å². The van der Waals surface area contributed by atoms with Crippen LogP contribution in [0.4, 0.5) is 0 Å². The lowest BCUT2D eigenvalue weighted by Crippen LogP contribution is -2.31. The van der Waals surface area contributed by atoms with Gasteiger partial charge in [-0.15, -0.1) is 10.2 Å². The van der Waals surface area contributed by atoms with Gasteiger partial charge in [-0.3, -0.25) is 4.40 Å². The lowest BCUT2D eigenvalue weighted by atomic mass is 9.96. The van der Waals surface area contributed by atoms with Gasteiger partial charge in [-0.25, -0.2) is 0 Å². The predicted octanol–water partition coefficient (Wildman–Crippen LogP) is 0.730. The SMILES string of the molecule is NCc1cccn2c(CC3CCCNC3)nnc12. The number of nitrogens with one attached hydrogen (secondary N) is 1. The quantitative estimate of drug-likeness (QED) is 0.836. The summed E-state index contributed by atoms with van der Waals surface area (Å²) >= 11 is 0. The highest BCUT2D eigenvalue weighted by Crippen LogP contribution is 2.17. The second kappa shape index (κ2) is 5.04. The van der Waals surface area contributed by atoms with Crippen molar-refractivity contribution in [3.05, 3.63) is 29.7 Å². The number of pyridine rings is 1. The number of nitrogens with two attached hydrogens (primary N) is 1. The molecule has 1 aliphatic rings. The Morgan fingerprint density at radius 3 is 3.17 bits per heavy atom. The summed E-state index contributed by atoms with van der Waals surface area (Å²) in [5.74, 6) is 1.72. The first-order valence-corrected chi connectivity index (χ1v) is 6.61. The monoisotopic (exact) mass is 245 g/mol. The summed E-state index contributed by atoms with van der Waals surface area (Å²) in [6, 6.07) is 4.02. The normalized spacial score (nSPS) is 20.4. The summed E-state index contributed by atoms with van der Waals surface area (Å²) in [5, 5.41) is 12.0. The van der Waals surface area contributed by atoms with Crippen molar-refractivity contribution in [1.82, 2.24) is 19.9 Å². The maximum atomic E-state index is 5.72. The van der Waals surface area contributed by atoms with Crippen molar-refractivity contribution in [3.8, 4) is 0 Å². The van der Waals surface area contributed by atoms with Crippen LogP contribution in [0.1, 0.15) is 24.2 Å². The third kappa shape index (κ3) is 2.11. The van der Waals surface area contributed by atoms with Gasteiger partial charge in [0, 0.05) is 24.7 Å². The number of nitrogens with zero attached hydrogens (tertiary/aromatic N) is 3. The van der Waals surface area contributed by atoms with E-state index in [1.165, 1.54) is 12.8 Å². The molecule has 18 heavy (non-hydrogen) atoms. The van der Waals surface area contributed by atoms with Gasteiger partial charge >= 0.3 is 0 Å². The molecular weight excluding hydrogens is 226 g/mol. The molecule has 3 heterocycles. The topological polar surface area (TPSA) is 68.2 Å². The Kier molecular flexibility index (Phi) is 3.25. The number of piperidine rings is 1. The standard InChI is InChI=1S/C13H19N5/c14-8-11-4-2-6-18-12(16-17-13(11)18)7-10-3-1-5-15-9-10/h2,4,6,10,15H,1,3,5,7-9,14H2. The lowest BCUT2D eigenvalue weighted by molar-refractivity contribution is 0.370. The van der Waals surface area contributed by atoms with Gasteiger partial charge in [-0.2, -0.15) is 0 Å². The van der Waals surface area contributed by atoms with Crippen molar-refractivity contribution in [2.45, 2.75) is 25.8 Å². The van der Waals surface area contributed by atoms with E-state index in [9.17, 15) is 0 Å². The molecule has 3 N–H and O–H groups in total. The Labute approximate surface area is 106 Å². The maximum Gasteiger partial charge on any atom is 0.165 e. The van der Waals surface area contributed by atoms with Gasteiger partial charge in [-0.1, -0.05) is 6.07 Å². The summed E-state index contributed by atoms with van der Waals surface area (Å²) in [6.07, 6.45) is 5.55. The van der Waals surface area contributed by atoms with Crippen LogP contribution in [0.15, 0.2) is 18.3 Å². The number of aromatic nitrogens is 3. The third-order valence-electron chi connectivity index (χ3n) is 3.68. The summed E-state index contributed by atoms with van der Waals surface area (Å²) in [6.45, 7) is 2.74. The fraction of sp³-hybridized carbons (Fsp3) is 0.538. The molecule has 2 aromatic rings. The zero-order valence-electron chi connectivity index (χ0n) is 10.5. The van der Waals surface area contributed by atoms with Crippen LogP contribution in [0.5, 0.6) is 0 Å². The van der Waals surface area contributed by atoms with E-state index >= 15 is 0 Å². The minimum Gasteiger partial charge on any atom is -0.326 e. The number of hydrogen-bond donors (Lipinski definition) is 2. The van der Waals surface area contributed by atoms with E-state index in [0.29, 0.717) is 12.5 Å². The molecule has 1 saturated heterocycles. The van der Waals surface area contributed by atoms with Crippen LogP contribution in [-0.4, -0.2) is 27.7 Å². The Morgan fingerprint density at radius 1 is 1.44 bits per heavy atom. The molecule has 0 radical (unpaired) electrons. The molecule has 0 spiro atoms. The number of hydrogen-bond acceptors (Lipinski definition) is 4. The summed E-state index contributed by atoms with van der Waals surface area (Å²) in [7, 11) is 0. The smallest absolute Gasteiger partial charge is 0.165 e. The van der Waals surface area contributed by atoms with Crippen LogP contribution < -0.4 is 11.1 Å². The molecule has 1 atom stereocenters. The predicted molar refractivity (Wildman–Crippen MR) is 70.2 cm³/mol. The van der Waals surface area contributed by atoms with Gasteiger partial charge in [-0.05, 0) is 37.9 Å². The van der Waals surface area contributed by atoms with E-state index in [-0.39, 0.29) is 0 Å². The van der Waals surface area contributed by atoms with Crippen molar-refractivity contribution in [2.75, 3.05) is 13.1 Å². The first-order valence-electron chi connectivity index (χ1n) is 6.61. The van der Waals surface area contributed by atoms with E-state index in [2.05, 4.69) is 19.9 Å².